The highest BCUT2D eigenvalue weighted by Gasteiger charge is 2.16. The van der Waals surface area contributed by atoms with Crippen molar-refractivity contribution in [2.24, 2.45) is 0 Å². The van der Waals surface area contributed by atoms with E-state index in [9.17, 15) is 4.79 Å². The molecular weight excluding hydrogens is 246 g/mol. The summed E-state index contributed by atoms with van der Waals surface area (Å²) in [5, 5.41) is 0.495. The zero-order valence-electron chi connectivity index (χ0n) is 9.25. The number of thioether (sulfide) groups is 1. The number of carbonyl (C=O) groups excluding carboxylic acids is 1. The molecule has 88 valence electrons. The largest absolute Gasteiger partial charge is 0.462 e. The summed E-state index contributed by atoms with van der Waals surface area (Å²) >= 11 is 7.55. The van der Waals surface area contributed by atoms with Crippen LogP contribution in [0.25, 0.3) is 0 Å². The minimum absolute atomic E-state index is 0.335. The first-order chi connectivity index (χ1) is 7.60. The molecule has 0 saturated heterocycles. The molecule has 3 nitrogen and oxygen atoms in total. The van der Waals surface area contributed by atoms with Crippen molar-refractivity contribution in [3.8, 4) is 0 Å². The number of nitrogen functional groups attached to an aromatic ring is 1. The maximum absolute atomic E-state index is 11.7. The van der Waals surface area contributed by atoms with Gasteiger partial charge in [-0.3, -0.25) is 0 Å². The van der Waals surface area contributed by atoms with Crippen molar-refractivity contribution in [1.29, 1.82) is 0 Å². The van der Waals surface area contributed by atoms with Crippen LogP contribution < -0.4 is 5.73 Å². The van der Waals surface area contributed by atoms with E-state index in [-0.39, 0.29) is 5.97 Å². The molecule has 1 aromatic rings. The average Bonchev–Trinajstić information content (AvgIpc) is 2.22. The predicted octanol–water partition coefficient (Wildman–Crippen LogP) is 3.21. The monoisotopic (exact) mass is 259 g/mol. The van der Waals surface area contributed by atoms with E-state index in [1.807, 2.05) is 6.92 Å². The summed E-state index contributed by atoms with van der Waals surface area (Å²) in [5.74, 6) is 0.448. The second-order valence-electron chi connectivity index (χ2n) is 3.03. The molecule has 0 atom stereocenters. The molecule has 0 saturated carbocycles. The Morgan fingerprint density at radius 3 is 2.75 bits per heavy atom. The molecule has 0 spiro atoms. The topological polar surface area (TPSA) is 52.3 Å². The lowest BCUT2D eigenvalue weighted by Crippen LogP contribution is -2.07. The number of hydrogen-bond donors (Lipinski definition) is 1. The molecule has 16 heavy (non-hydrogen) atoms. The van der Waals surface area contributed by atoms with E-state index in [1.54, 1.807) is 19.1 Å². The first-order valence-corrected chi connectivity index (χ1v) is 6.35. The van der Waals surface area contributed by atoms with E-state index in [4.69, 9.17) is 22.1 Å². The van der Waals surface area contributed by atoms with Gasteiger partial charge in [-0.1, -0.05) is 18.5 Å². The molecule has 0 fully saturated rings. The summed E-state index contributed by atoms with van der Waals surface area (Å²) in [6, 6.07) is 3.24. The molecule has 0 aromatic heterocycles. The van der Waals surface area contributed by atoms with Crippen LogP contribution in [0.3, 0.4) is 0 Å². The highest BCUT2D eigenvalue weighted by Crippen LogP contribution is 2.33. The van der Waals surface area contributed by atoms with Gasteiger partial charge in [0.1, 0.15) is 0 Å². The van der Waals surface area contributed by atoms with Crippen molar-refractivity contribution in [1.82, 2.24) is 0 Å². The lowest BCUT2D eigenvalue weighted by Gasteiger charge is -2.10. The standard InChI is InChI=1S/C11H14ClNO2S/c1-3-15-11(14)8-5-7(13)6-9(12)10(8)16-4-2/h5-6H,3-4,13H2,1-2H3. The van der Waals surface area contributed by atoms with Gasteiger partial charge in [-0.2, -0.15) is 0 Å². The Labute approximate surface area is 104 Å². The second kappa shape index (κ2) is 6.01. The second-order valence-corrected chi connectivity index (χ2v) is 4.71. The fraction of sp³-hybridized carbons (Fsp3) is 0.364. The van der Waals surface area contributed by atoms with Crippen molar-refractivity contribution in [3.63, 3.8) is 0 Å². The number of benzene rings is 1. The predicted molar refractivity (Wildman–Crippen MR) is 68.2 cm³/mol. The fourth-order valence-electron chi connectivity index (χ4n) is 1.27. The SMILES string of the molecule is CCOC(=O)c1cc(N)cc(Cl)c1SCC. The smallest absolute Gasteiger partial charge is 0.339 e. The highest BCUT2D eigenvalue weighted by molar-refractivity contribution is 7.99. The van der Waals surface area contributed by atoms with E-state index in [2.05, 4.69) is 0 Å². The van der Waals surface area contributed by atoms with Gasteiger partial charge in [-0.05, 0) is 24.8 Å². The van der Waals surface area contributed by atoms with Gasteiger partial charge >= 0.3 is 5.97 Å². The molecule has 0 aliphatic carbocycles. The maximum Gasteiger partial charge on any atom is 0.339 e. The number of esters is 1. The Hall–Kier alpha value is -0.870. The maximum atomic E-state index is 11.7. The fourth-order valence-corrected chi connectivity index (χ4v) is 2.44. The lowest BCUT2D eigenvalue weighted by molar-refractivity contribution is 0.0522. The van der Waals surface area contributed by atoms with Crippen LogP contribution in [0.15, 0.2) is 17.0 Å². The minimum Gasteiger partial charge on any atom is -0.462 e. The number of hydrogen-bond acceptors (Lipinski definition) is 4. The van der Waals surface area contributed by atoms with Crippen LogP contribution in [0.4, 0.5) is 5.69 Å². The molecular formula is C11H14ClNO2S. The molecule has 1 rings (SSSR count). The number of anilines is 1. The van der Waals surface area contributed by atoms with E-state index in [0.717, 1.165) is 10.6 Å². The third-order valence-corrected chi connectivity index (χ3v) is 3.28. The van der Waals surface area contributed by atoms with Crippen molar-refractivity contribution in [2.45, 2.75) is 18.7 Å². The highest BCUT2D eigenvalue weighted by atomic mass is 35.5. The molecule has 1 aromatic carbocycles. The zero-order chi connectivity index (χ0) is 12.1. The Kier molecular flexibility index (Phi) is 4.96. The van der Waals surface area contributed by atoms with Crippen LogP contribution in [-0.2, 0) is 4.74 Å². The number of carbonyl (C=O) groups is 1. The summed E-state index contributed by atoms with van der Waals surface area (Å²) in [6.45, 7) is 4.09. The molecule has 0 bridgehead atoms. The van der Waals surface area contributed by atoms with Gasteiger partial charge in [0.2, 0.25) is 0 Å². The van der Waals surface area contributed by atoms with E-state index in [1.165, 1.54) is 11.8 Å². The van der Waals surface area contributed by atoms with Crippen molar-refractivity contribution in [3.05, 3.63) is 22.7 Å². The van der Waals surface area contributed by atoms with Gasteiger partial charge in [-0.15, -0.1) is 11.8 Å². The average molecular weight is 260 g/mol. The van der Waals surface area contributed by atoms with Crippen LogP contribution in [-0.4, -0.2) is 18.3 Å². The third-order valence-electron chi connectivity index (χ3n) is 1.85. The zero-order valence-corrected chi connectivity index (χ0v) is 10.8. The molecule has 0 heterocycles. The quantitative estimate of drug-likeness (QED) is 0.513. The van der Waals surface area contributed by atoms with Crippen molar-refractivity contribution < 1.29 is 9.53 Å². The Morgan fingerprint density at radius 2 is 2.19 bits per heavy atom. The Bertz CT molecular complexity index is 396. The molecule has 0 aliphatic rings. The number of rotatable bonds is 4. The Balaban J connectivity index is 3.17. The third kappa shape index (κ3) is 3.06. The van der Waals surface area contributed by atoms with Gasteiger partial charge in [0.25, 0.3) is 0 Å². The molecule has 2 N–H and O–H groups in total. The van der Waals surface area contributed by atoms with Crippen LogP contribution in [0.1, 0.15) is 24.2 Å². The minimum atomic E-state index is -0.382. The summed E-state index contributed by atoms with van der Waals surface area (Å²) in [5.41, 5.74) is 6.57. The van der Waals surface area contributed by atoms with Crippen molar-refractivity contribution >= 4 is 35.0 Å². The van der Waals surface area contributed by atoms with Gasteiger partial charge in [-0.25, -0.2) is 4.79 Å². The molecule has 0 unspecified atom stereocenters. The van der Waals surface area contributed by atoms with E-state index >= 15 is 0 Å². The van der Waals surface area contributed by atoms with Crippen LogP contribution in [0.5, 0.6) is 0 Å². The van der Waals surface area contributed by atoms with Crippen LogP contribution in [0.2, 0.25) is 5.02 Å². The van der Waals surface area contributed by atoms with Gasteiger partial charge in [0.05, 0.1) is 17.2 Å². The first kappa shape index (κ1) is 13.2. The number of halogens is 1. The van der Waals surface area contributed by atoms with E-state index < -0.39 is 0 Å². The lowest BCUT2D eigenvalue weighted by atomic mass is 10.2. The van der Waals surface area contributed by atoms with E-state index in [0.29, 0.717) is 22.9 Å². The van der Waals surface area contributed by atoms with Gasteiger partial charge < -0.3 is 10.5 Å². The van der Waals surface area contributed by atoms with Crippen LogP contribution >= 0.6 is 23.4 Å². The molecule has 0 aliphatic heterocycles. The summed E-state index contributed by atoms with van der Waals surface area (Å²) in [4.78, 5) is 12.4. The molecule has 0 radical (unpaired) electrons. The first-order valence-electron chi connectivity index (χ1n) is 4.99. The van der Waals surface area contributed by atoms with Gasteiger partial charge in [0.15, 0.2) is 0 Å². The van der Waals surface area contributed by atoms with Gasteiger partial charge in [0, 0.05) is 10.6 Å². The molecule has 0 amide bonds. The summed E-state index contributed by atoms with van der Waals surface area (Å²) < 4.78 is 4.96. The Morgan fingerprint density at radius 1 is 1.50 bits per heavy atom. The molecule has 5 heteroatoms. The number of ether oxygens (including phenoxy) is 1. The number of nitrogens with two attached hydrogens (primary N) is 1. The normalized spacial score (nSPS) is 10.2. The summed E-state index contributed by atoms with van der Waals surface area (Å²) in [7, 11) is 0. The summed E-state index contributed by atoms with van der Waals surface area (Å²) in [6.07, 6.45) is 0. The van der Waals surface area contributed by atoms with Crippen molar-refractivity contribution in [2.75, 3.05) is 18.1 Å². The van der Waals surface area contributed by atoms with Crippen LogP contribution in [0, 0.1) is 0 Å².